The minimum Gasteiger partial charge on any atom is -0.497 e. The summed E-state index contributed by atoms with van der Waals surface area (Å²) in [4.78, 5) is 1.96. The summed E-state index contributed by atoms with van der Waals surface area (Å²) in [6.07, 6.45) is 2.16. The van der Waals surface area contributed by atoms with Gasteiger partial charge in [0.2, 0.25) is 0 Å². The maximum atomic E-state index is 14.1. The highest BCUT2D eigenvalue weighted by atomic mass is 32.1. The van der Waals surface area contributed by atoms with Crippen molar-refractivity contribution in [1.82, 2.24) is 4.90 Å². The van der Waals surface area contributed by atoms with E-state index in [2.05, 4.69) is 5.32 Å². The average Bonchev–Trinajstić information content (AvgIpc) is 3.16. The first-order valence-corrected chi connectivity index (χ1v) is 9.11. The molecular weight excluding hydrogens is 351 g/mol. The first-order valence-electron chi connectivity index (χ1n) is 8.70. The van der Waals surface area contributed by atoms with Crippen molar-refractivity contribution < 1.29 is 13.9 Å². The molecule has 1 aliphatic heterocycles. The largest absolute Gasteiger partial charge is 0.497 e. The molecule has 1 fully saturated rings. The number of thiocarbonyl (C=S) groups is 1. The van der Waals surface area contributed by atoms with E-state index in [1.807, 2.05) is 35.2 Å². The third-order valence-corrected chi connectivity index (χ3v) is 4.74. The van der Waals surface area contributed by atoms with Crippen molar-refractivity contribution in [3.05, 3.63) is 59.9 Å². The SMILES string of the molecule is COc1cccc(NC(=S)N(Cc2ccccc2F)C[C@H]2CCCO2)c1. The lowest BCUT2D eigenvalue weighted by atomic mass is 10.2. The second-order valence-corrected chi connectivity index (χ2v) is 6.66. The van der Waals surface area contributed by atoms with E-state index < -0.39 is 0 Å². The Kier molecular flexibility index (Phi) is 6.41. The Hall–Kier alpha value is -2.18. The van der Waals surface area contributed by atoms with E-state index in [4.69, 9.17) is 21.7 Å². The first kappa shape index (κ1) is 18.6. The molecule has 138 valence electrons. The van der Waals surface area contributed by atoms with Crippen LogP contribution in [0.2, 0.25) is 0 Å². The summed E-state index contributed by atoms with van der Waals surface area (Å²) < 4.78 is 25.1. The molecule has 1 saturated heterocycles. The summed E-state index contributed by atoms with van der Waals surface area (Å²) in [7, 11) is 1.62. The fourth-order valence-electron chi connectivity index (χ4n) is 2.99. The smallest absolute Gasteiger partial charge is 0.173 e. The first-order chi connectivity index (χ1) is 12.7. The van der Waals surface area contributed by atoms with Gasteiger partial charge in [0.05, 0.1) is 13.2 Å². The third-order valence-electron chi connectivity index (χ3n) is 4.38. The monoisotopic (exact) mass is 374 g/mol. The van der Waals surface area contributed by atoms with Crippen LogP contribution in [0.15, 0.2) is 48.5 Å². The fraction of sp³-hybridized carbons (Fsp3) is 0.350. The van der Waals surface area contributed by atoms with Crippen LogP contribution in [0, 0.1) is 5.82 Å². The molecule has 0 unspecified atom stereocenters. The molecule has 1 heterocycles. The molecule has 0 bridgehead atoms. The highest BCUT2D eigenvalue weighted by Gasteiger charge is 2.22. The molecule has 3 rings (SSSR count). The molecule has 4 nitrogen and oxygen atoms in total. The number of hydrogen-bond acceptors (Lipinski definition) is 3. The molecule has 0 saturated carbocycles. The Morgan fingerprint density at radius 1 is 1.31 bits per heavy atom. The van der Waals surface area contributed by atoms with Gasteiger partial charge in [-0.3, -0.25) is 0 Å². The maximum Gasteiger partial charge on any atom is 0.173 e. The molecule has 1 N–H and O–H groups in total. The normalized spacial score (nSPS) is 16.3. The summed E-state index contributed by atoms with van der Waals surface area (Å²) in [6, 6.07) is 14.3. The number of benzene rings is 2. The summed E-state index contributed by atoms with van der Waals surface area (Å²) in [5.74, 6) is 0.520. The zero-order valence-electron chi connectivity index (χ0n) is 14.8. The highest BCUT2D eigenvalue weighted by Crippen LogP contribution is 2.20. The topological polar surface area (TPSA) is 33.7 Å². The number of ether oxygens (including phenoxy) is 2. The van der Waals surface area contributed by atoms with Gasteiger partial charge < -0.3 is 19.7 Å². The van der Waals surface area contributed by atoms with Crippen molar-refractivity contribution in [3.63, 3.8) is 0 Å². The zero-order valence-corrected chi connectivity index (χ0v) is 15.6. The Morgan fingerprint density at radius 3 is 2.88 bits per heavy atom. The summed E-state index contributed by atoms with van der Waals surface area (Å²) >= 11 is 5.61. The molecule has 1 aliphatic rings. The molecular formula is C20H23FN2O2S. The second kappa shape index (κ2) is 8.96. The van der Waals surface area contributed by atoms with Crippen LogP contribution in [-0.4, -0.2) is 36.4 Å². The van der Waals surface area contributed by atoms with E-state index in [0.717, 1.165) is 30.9 Å². The quantitative estimate of drug-likeness (QED) is 0.766. The Morgan fingerprint density at radius 2 is 2.15 bits per heavy atom. The van der Waals surface area contributed by atoms with Crippen molar-refractivity contribution in [2.45, 2.75) is 25.5 Å². The third kappa shape index (κ3) is 4.93. The van der Waals surface area contributed by atoms with E-state index in [1.165, 1.54) is 6.07 Å². The number of nitrogens with zero attached hydrogens (tertiary/aromatic N) is 1. The minimum atomic E-state index is -0.228. The molecule has 0 aromatic heterocycles. The van der Waals surface area contributed by atoms with E-state index in [9.17, 15) is 4.39 Å². The van der Waals surface area contributed by atoms with Gasteiger partial charge in [-0.2, -0.15) is 0 Å². The number of anilines is 1. The molecule has 6 heteroatoms. The van der Waals surface area contributed by atoms with Gasteiger partial charge in [0.1, 0.15) is 11.6 Å². The van der Waals surface area contributed by atoms with Crippen molar-refractivity contribution in [1.29, 1.82) is 0 Å². The molecule has 26 heavy (non-hydrogen) atoms. The van der Waals surface area contributed by atoms with Gasteiger partial charge in [-0.15, -0.1) is 0 Å². The predicted octanol–water partition coefficient (Wildman–Crippen LogP) is 4.21. The van der Waals surface area contributed by atoms with E-state index in [-0.39, 0.29) is 11.9 Å². The van der Waals surface area contributed by atoms with Gasteiger partial charge in [-0.1, -0.05) is 24.3 Å². The number of rotatable bonds is 6. The molecule has 0 radical (unpaired) electrons. The maximum absolute atomic E-state index is 14.1. The molecule has 0 amide bonds. The van der Waals surface area contributed by atoms with Crippen LogP contribution >= 0.6 is 12.2 Å². The number of halogens is 1. The van der Waals surface area contributed by atoms with Crippen LogP contribution in [0.3, 0.4) is 0 Å². The van der Waals surface area contributed by atoms with Crippen LogP contribution in [0.25, 0.3) is 0 Å². The predicted molar refractivity (Wildman–Crippen MR) is 105 cm³/mol. The lowest BCUT2D eigenvalue weighted by molar-refractivity contribution is 0.0903. The lowest BCUT2D eigenvalue weighted by Crippen LogP contribution is -2.39. The highest BCUT2D eigenvalue weighted by molar-refractivity contribution is 7.80. The van der Waals surface area contributed by atoms with Crippen LogP contribution in [-0.2, 0) is 11.3 Å². The van der Waals surface area contributed by atoms with Crippen LogP contribution in [0.5, 0.6) is 5.75 Å². The Bertz CT molecular complexity index is 750. The standard InChI is InChI=1S/C20H23FN2O2S/c1-24-17-8-4-7-16(12-17)22-20(26)23(14-18-9-5-11-25-18)13-15-6-2-3-10-19(15)21/h2-4,6-8,10,12,18H,5,9,11,13-14H2,1H3,(H,22,26)/t18-/m1/s1. The van der Waals surface area contributed by atoms with Gasteiger partial charge in [0.15, 0.2) is 5.11 Å². The average molecular weight is 374 g/mol. The lowest BCUT2D eigenvalue weighted by Gasteiger charge is -2.28. The molecule has 1 atom stereocenters. The Labute approximate surface area is 158 Å². The molecule has 0 spiro atoms. The van der Waals surface area contributed by atoms with Gasteiger partial charge in [0.25, 0.3) is 0 Å². The van der Waals surface area contributed by atoms with Gasteiger partial charge >= 0.3 is 0 Å². The van der Waals surface area contributed by atoms with Crippen molar-refractivity contribution in [2.24, 2.45) is 0 Å². The minimum absolute atomic E-state index is 0.117. The van der Waals surface area contributed by atoms with E-state index in [0.29, 0.717) is 23.8 Å². The van der Waals surface area contributed by atoms with Gasteiger partial charge in [0, 0.05) is 37.0 Å². The summed E-state index contributed by atoms with van der Waals surface area (Å²) in [6.45, 7) is 1.79. The van der Waals surface area contributed by atoms with Gasteiger partial charge in [-0.05, 0) is 43.3 Å². The second-order valence-electron chi connectivity index (χ2n) is 6.27. The van der Waals surface area contributed by atoms with Crippen molar-refractivity contribution in [3.8, 4) is 5.75 Å². The van der Waals surface area contributed by atoms with Crippen molar-refractivity contribution >= 4 is 23.0 Å². The van der Waals surface area contributed by atoms with Gasteiger partial charge in [-0.25, -0.2) is 4.39 Å². The van der Waals surface area contributed by atoms with E-state index in [1.54, 1.807) is 19.2 Å². The van der Waals surface area contributed by atoms with Crippen LogP contribution < -0.4 is 10.1 Å². The van der Waals surface area contributed by atoms with E-state index >= 15 is 0 Å². The van der Waals surface area contributed by atoms with Crippen LogP contribution in [0.4, 0.5) is 10.1 Å². The molecule has 2 aromatic rings. The number of nitrogens with one attached hydrogen (secondary N) is 1. The molecule has 2 aromatic carbocycles. The number of hydrogen-bond donors (Lipinski definition) is 1. The Balaban J connectivity index is 1.74. The fourth-order valence-corrected chi connectivity index (χ4v) is 3.25. The number of methoxy groups -OCH3 is 1. The summed E-state index contributed by atoms with van der Waals surface area (Å²) in [5.41, 5.74) is 1.44. The summed E-state index contributed by atoms with van der Waals surface area (Å²) in [5, 5.41) is 3.77. The van der Waals surface area contributed by atoms with Crippen LogP contribution in [0.1, 0.15) is 18.4 Å². The molecule has 0 aliphatic carbocycles. The zero-order chi connectivity index (χ0) is 18.4. The van der Waals surface area contributed by atoms with Crippen molar-refractivity contribution in [2.75, 3.05) is 25.6 Å².